The van der Waals surface area contributed by atoms with Crippen LogP contribution in [-0.4, -0.2) is 10.3 Å². The van der Waals surface area contributed by atoms with Crippen molar-refractivity contribution in [3.8, 4) is 0 Å². The summed E-state index contributed by atoms with van der Waals surface area (Å²) in [6.07, 6.45) is 1.45. The molecule has 9 heavy (non-hydrogen) atoms. The van der Waals surface area contributed by atoms with Gasteiger partial charge >= 0.3 is 0 Å². The van der Waals surface area contributed by atoms with E-state index in [2.05, 4.69) is 4.37 Å². The highest BCUT2D eigenvalue weighted by atomic mass is 35.5. The molecular formula is C4H5ClN2OS. The summed E-state index contributed by atoms with van der Waals surface area (Å²) in [5.74, 6) is -0.418. The Morgan fingerprint density at radius 3 is 2.67 bits per heavy atom. The third-order valence-corrected chi connectivity index (χ3v) is 1.30. The Hall–Kier alpha value is -0.610. The van der Waals surface area contributed by atoms with Gasteiger partial charge in [-0.1, -0.05) is 0 Å². The molecule has 1 aromatic heterocycles. The third-order valence-electron chi connectivity index (χ3n) is 0.717. The van der Waals surface area contributed by atoms with Crippen LogP contribution in [0.4, 0.5) is 0 Å². The van der Waals surface area contributed by atoms with Crippen LogP contribution >= 0.6 is 23.9 Å². The number of primary amides is 1. The fourth-order valence-electron chi connectivity index (χ4n) is 0.327. The number of rotatable bonds is 1. The first-order valence-electron chi connectivity index (χ1n) is 2.00. The Balaban J connectivity index is 0.000000640. The van der Waals surface area contributed by atoms with Crippen LogP contribution in [0, 0.1) is 0 Å². The number of hydrogen-bond acceptors (Lipinski definition) is 3. The molecule has 0 aromatic carbocycles. The first-order valence-corrected chi connectivity index (χ1v) is 2.83. The van der Waals surface area contributed by atoms with E-state index >= 15 is 0 Å². The molecule has 0 aliphatic heterocycles. The van der Waals surface area contributed by atoms with Gasteiger partial charge in [0.05, 0.1) is 11.8 Å². The summed E-state index contributed by atoms with van der Waals surface area (Å²) in [7, 11) is 0. The number of nitrogens with zero attached hydrogens (tertiary/aromatic N) is 1. The maximum Gasteiger partial charge on any atom is 0.251 e. The van der Waals surface area contributed by atoms with Crippen LogP contribution in [0.2, 0.25) is 0 Å². The summed E-state index contributed by atoms with van der Waals surface area (Å²) in [5, 5.41) is 1.61. The average Bonchev–Trinajstić information content (AvgIpc) is 2.12. The van der Waals surface area contributed by atoms with Crippen molar-refractivity contribution in [1.29, 1.82) is 0 Å². The monoisotopic (exact) mass is 164 g/mol. The van der Waals surface area contributed by atoms with Crippen LogP contribution < -0.4 is 5.73 Å². The summed E-state index contributed by atoms with van der Waals surface area (Å²) in [4.78, 5) is 10.3. The molecule has 0 fully saturated rings. The quantitative estimate of drug-likeness (QED) is 0.663. The molecule has 3 nitrogen and oxygen atoms in total. The molecule has 0 saturated carbocycles. The van der Waals surface area contributed by atoms with Crippen LogP contribution in [0.5, 0.6) is 0 Å². The molecule has 5 heteroatoms. The molecule has 0 spiro atoms. The van der Waals surface area contributed by atoms with E-state index in [-0.39, 0.29) is 12.4 Å². The number of nitrogens with two attached hydrogens (primary N) is 1. The fourth-order valence-corrected chi connectivity index (χ4v) is 0.852. The van der Waals surface area contributed by atoms with Gasteiger partial charge in [-0.05, 0) is 11.5 Å². The van der Waals surface area contributed by atoms with Crippen LogP contribution in [0.3, 0.4) is 0 Å². The number of amides is 1. The van der Waals surface area contributed by atoms with E-state index in [1.54, 1.807) is 5.38 Å². The molecule has 0 radical (unpaired) electrons. The first-order chi connectivity index (χ1) is 3.80. The van der Waals surface area contributed by atoms with Crippen molar-refractivity contribution in [2.75, 3.05) is 0 Å². The second-order valence-corrected chi connectivity index (χ2v) is 1.93. The normalized spacial score (nSPS) is 8.00. The molecule has 1 heterocycles. The lowest BCUT2D eigenvalue weighted by atomic mass is 10.4. The number of hydrogen-bond donors (Lipinski definition) is 1. The fraction of sp³-hybridized carbons (Fsp3) is 0. The topological polar surface area (TPSA) is 56.0 Å². The summed E-state index contributed by atoms with van der Waals surface area (Å²) in [6, 6.07) is 0. The molecule has 0 atom stereocenters. The second-order valence-electron chi connectivity index (χ2n) is 1.28. The average molecular weight is 165 g/mol. The Kier molecular flexibility index (Phi) is 3.19. The Morgan fingerprint density at radius 1 is 1.78 bits per heavy atom. The Morgan fingerprint density at radius 2 is 2.44 bits per heavy atom. The number of carbonyl (C=O) groups is 1. The number of aromatic nitrogens is 1. The summed E-state index contributed by atoms with van der Waals surface area (Å²) < 4.78 is 3.68. The van der Waals surface area contributed by atoms with Gasteiger partial charge in [-0.3, -0.25) is 4.79 Å². The van der Waals surface area contributed by atoms with Crippen LogP contribution in [0.15, 0.2) is 11.6 Å². The van der Waals surface area contributed by atoms with Crippen molar-refractivity contribution in [3.63, 3.8) is 0 Å². The first kappa shape index (κ1) is 8.39. The maximum atomic E-state index is 10.3. The highest BCUT2D eigenvalue weighted by Gasteiger charge is 1.97. The minimum atomic E-state index is -0.418. The molecule has 0 unspecified atom stereocenters. The third kappa shape index (κ3) is 1.99. The van der Waals surface area contributed by atoms with E-state index in [4.69, 9.17) is 5.73 Å². The highest BCUT2D eigenvalue weighted by Crippen LogP contribution is 1.98. The zero-order valence-electron chi connectivity index (χ0n) is 4.40. The predicted molar refractivity (Wildman–Crippen MR) is 37.9 cm³/mol. The number of halogens is 1. The molecule has 1 aromatic rings. The summed E-state index contributed by atoms with van der Waals surface area (Å²) in [5.41, 5.74) is 5.37. The molecular weight excluding hydrogens is 160 g/mol. The van der Waals surface area contributed by atoms with Gasteiger partial charge in [-0.25, -0.2) is 4.37 Å². The lowest BCUT2D eigenvalue weighted by Gasteiger charge is -1.78. The van der Waals surface area contributed by atoms with E-state index in [9.17, 15) is 4.79 Å². The molecule has 0 saturated heterocycles. The van der Waals surface area contributed by atoms with Gasteiger partial charge in [0.2, 0.25) is 0 Å². The van der Waals surface area contributed by atoms with Crippen molar-refractivity contribution >= 4 is 29.8 Å². The van der Waals surface area contributed by atoms with Gasteiger partial charge < -0.3 is 5.73 Å². The Labute approximate surface area is 62.5 Å². The minimum absolute atomic E-state index is 0. The molecule has 0 bridgehead atoms. The minimum Gasteiger partial charge on any atom is -0.366 e. The molecule has 1 rings (SSSR count). The van der Waals surface area contributed by atoms with E-state index in [0.717, 1.165) is 0 Å². The lowest BCUT2D eigenvalue weighted by molar-refractivity contribution is 0.100. The van der Waals surface area contributed by atoms with Gasteiger partial charge in [-0.2, -0.15) is 0 Å². The van der Waals surface area contributed by atoms with Crippen molar-refractivity contribution in [2.24, 2.45) is 5.73 Å². The van der Waals surface area contributed by atoms with Crippen LogP contribution in [0.25, 0.3) is 0 Å². The van der Waals surface area contributed by atoms with E-state index in [1.165, 1.54) is 17.7 Å². The zero-order valence-corrected chi connectivity index (χ0v) is 6.04. The largest absolute Gasteiger partial charge is 0.366 e. The lowest BCUT2D eigenvalue weighted by Crippen LogP contribution is -2.08. The number of carbonyl (C=O) groups excluding carboxylic acids is 1. The van der Waals surface area contributed by atoms with Gasteiger partial charge in [0.15, 0.2) is 0 Å². The smallest absolute Gasteiger partial charge is 0.251 e. The van der Waals surface area contributed by atoms with Gasteiger partial charge in [-0.15, -0.1) is 12.4 Å². The SMILES string of the molecule is Cl.NC(=O)c1cnsc1. The van der Waals surface area contributed by atoms with Crippen molar-refractivity contribution in [2.45, 2.75) is 0 Å². The van der Waals surface area contributed by atoms with Crippen molar-refractivity contribution in [3.05, 3.63) is 17.1 Å². The molecule has 2 N–H and O–H groups in total. The Bertz CT molecular complexity index is 186. The summed E-state index contributed by atoms with van der Waals surface area (Å²) in [6.45, 7) is 0. The van der Waals surface area contributed by atoms with E-state index in [1.807, 2.05) is 0 Å². The molecule has 0 aliphatic carbocycles. The molecule has 50 valence electrons. The van der Waals surface area contributed by atoms with Gasteiger partial charge in [0.25, 0.3) is 5.91 Å². The van der Waals surface area contributed by atoms with Gasteiger partial charge in [0, 0.05) is 5.38 Å². The standard InChI is InChI=1S/C4H4N2OS.ClH/c5-4(7)3-1-6-8-2-3;/h1-2H,(H2,5,7);1H. The second kappa shape index (κ2) is 3.42. The molecule has 0 aliphatic rings. The van der Waals surface area contributed by atoms with E-state index < -0.39 is 5.91 Å². The zero-order chi connectivity index (χ0) is 5.98. The van der Waals surface area contributed by atoms with Crippen LogP contribution in [0.1, 0.15) is 10.4 Å². The van der Waals surface area contributed by atoms with Crippen LogP contribution in [-0.2, 0) is 0 Å². The van der Waals surface area contributed by atoms with Gasteiger partial charge in [0.1, 0.15) is 0 Å². The summed E-state index contributed by atoms with van der Waals surface area (Å²) >= 11 is 1.22. The maximum absolute atomic E-state index is 10.3. The predicted octanol–water partition coefficient (Wildman–Crippen LogP) is 0.664. The van der Waals surface area contributed by atoms with Crippen molar-refractivity contribution < 1.29 is 4.79 Å². The highest BCUT2D eigenvalue weighted by molar-refractivity contribution is 7.03. The van der Waals surface area contributed by atoms with Crippen molar-refractivity contribution in [1.82, 2.24) is 4.37 Å². The molecule has 1 amide bonds. The van der Waals surface area contributed by atoms with E-state index in [0.29, 0.717) is 5.56 Å².